The molecule has 0 aliphatic heterocycles. The van der Waals surface area contributed by atoms with Gasteiger partial charge in [-0.1, -0.05) is 18.2 Å². The SMILES string of the molecule is CCNc1nc(N(C)c2ccccc2)c(F)cc1F. The molecule has 19 heavy (non-hydrogen) atoms. The first-order valence-corrected chi connectivity index (χ1v) is 6.02. The van der Waals surface area contributed by atoms with Crippen LogP contribution in [-0.4, -0.2) is 18.6 Å². The number of aromatic nitrogens is 1. The summed E-state index contributed by atoms with van der Waals surface area (Å²) < 4.78 is 27.3. The van der Waals surface area contributed by atoms with Crippen molar-refractivity contribution in [3.63, 3.8) is 0 Å². The summed E-state index contributed by atoms with van der Waals surface area (Å²) in [5, 5.41) is 2.77. The van der Waals surface area contributed by atoms with Crippen LogP contribution in [0.15, 0.2) is 36.4 Å². The van der Waals surface area contributed by atoms with E-state index in [1.807, 2.05) is 37.3 Å². The van der Waals surface area contributed by atoms with E-state index in [0.717, 1.165) is 11.8 Å². The van der Waals surface area contributed by atoms with E-state index in [9.17, 15) is 8.78 Å². The topological polar surface area (TPSA) is 28.2 Å². The Morgan fingerprint density at radius 3 is 2.47 bits per heavy atom. The summed E-state index contributed by atoms with van der Waals surface area (Å²) >= 11 is 0. The van der Waals surface area contributed by atoms with Gasteiger partial charge in [0.25, 0.3) is 0 Å². The first-order chi connectivity index (χ1) is 9.13. The number of anilines is 3. The maximum Gasteiger partial charge on any atom is 0.171 e. The predicted molar refractivity (Wildman–Crippen MR) is 72.8 cm³/mol. The van der Waals surface area contributed by atoms with Crippen LogP contribution in [0.25, 0.3) is 0 Å². The molecule has 0 saturated heterocycles. The Kier molecular flexibility index (Phi) is 3.94. The lowest BCUT2D eigenvalue weighted by molar-refractivity contribution is 0.576. The first kappa shape index (κ1) is 13.3. The van der Waals surface area contributed by atoms with E-state index in [4.69, 9.17) is 0 Å². The molecule has 0 atom stereocenters. The molecule has 0 aliphatic carbocycles. The highest BCUT2D eigenvalue weighted by Gasteiger charge is 2.15. The average molecular weight is 263 g/mol. The van der Waals surface area contributed by atoms with Crippen molar-refractivity contribution in [3.8, 4) is 0 Å². The third-order valence-corrected chi connectivity index (χ3v) is 2.72. The van der Waals surface area contributed by atoms with Crippen LogP contribution >= 0.6 is 0 Å². The van der Waals surface area contributed by atoms with Gasteiger partial charge in [0.2, 0.25) is 0 Å². The molecule has 0 aliphatic rings. The zero-order valence-electron chi connectivity index (χ0n) is 10.8. The summed E-state index contributed by atoms with van der Waals surface area (Å²) in [5.74, 6) is -1.24. The van der Waals surface area contributed by atoms with Crippen molar-refractivity contribution < 1.29 is 8.78 Å². The van der Waals surface area contributed by atoms with E-state index in [1.165, 1.54) is 0 Å². The second kappa shape index (κ2) is 5.65. The molecule has 1 heterocycles. The summed E-state index contributed by atoms with van der Waals surface area (Å²) in [4.78, 5) is 5.58. The fourth-order valence-corrected chi connectivity index (χ4v) is 1.76. The normalized spacial score (nSPS) is 10.3. The number of pyridine rings is 1. The molecule has 1 aromatic heterocycles. The molecular formula is C14H15F2N3. The van der Waals surface area contributed by atoms with Crippen LogP contribution in [0.5, 0.6) is 0 Å². The minimum absolute atomic E-state index is 0.0571. The molecule has 1 N–H and O–H groups in total. The van der Waals surface area contributed by atoms with Crippen molar-refractivity contribution >= 4 is 17.3 Å². The maximum absolute atomic E-state index is 13.8. The molecule has 3 nitrogen and oxygen atoms in total. The van der Waals surface area contributed by atoms with Crippen molar-refractivity contribution in [2.45, 2.75) is 6.92 Å². The number of benzene rings is 1. The number of nitrogens with one attached hydrogen (secondary N) is 1. The lowest BCUT2D eigenvalue weighted by Gasteiger charge is -2.20. The Balaban J connectivity index is 2.41. The third kappa shape index (κ3) is 2.81. The van der Waals surface area contributed by atoms with Gasteiger partial charge in [-0.05, 0) is 19.1 Å². The summed E-state index contributed by atoms with van der Waals surface area (Å²) in [6, 6.07) is 10.1. The van der Waals surface area contributed by atoms with Gasteiger partial charge >= 0.3 is 0 Å². The molecule has 100 valence electrons. The highest BCUT2D eigenvalue weighted by atomic mass is 19.1. The van der Waals surface area contributed by atoms with E-state index in [-0.39, 0.29) is 11.6 Å². The summed E-state index contributed by atoms with van der Waals surface area (Å²) in [6.07, 6.45) is 0. The molecule has 0 amide bonds. The highest BCUT2D eigenvalue weighted by molar-refractivity contribution is 5.61. The summed E-state index contributed by atoms with van der Waals surface area (Å²) in [7, 11) is 1.69. The van der Waals surface area contributed by atoms with Crippen molar-refractivity contribution in [1.82, 2.24) is 4.98 Å². The van der Waals surface area contributed by atoms with Gasteiger partial charge in [0, 0.05) is 25.3 Å². The van der Waals surface area contributed by atoms with E-state index in [1.54, 1.807) is 11.9 Å². The van der Waals surface area contributed by atoms with Crippen molar-refractivity contribution in [1.29, 1.82) is 0 Å². The molecule has 0 bridgehead atoms. The Morgan fingerprint density at radius 2 is 1.84 bits per heavy atom. The molecule has 0 radical (unpaired) electrons. The minimum Gasteiger partial charge on any atom is -0.368 e. The second-order valence-corrected chi connectivity index (χ2v) is 4.05. The number of para-hydroxylation sites is 1. The predicted octanol–water partition coefficient (Wildman–Crippen LogP) is 3.56. The monoisotopic (exact) mass is 263 g/mol. The molecule has 0 saturated carbocycles. The number of hydrogen-bond acceptors (Lipinski definition) is 3. The van der Waals surface area contributed by atoms with Gasteiger partial charge < -0.3 is 10.2 Å². The number of rotatable bonds is 4. The molecule has 0 unspecified atom stereocenters. The lowest BCUT2D eigenvalue weighted by atomic mass is 10.3. The zero-order chi connectivity index (χ0) is 13.8. The minimum atomic E-state index is -0.690. The summed E-state index contributed by atoms with van der Waals surface area (Å²) in [5.41, 5.74) is 0.781. The first-order valence-electron chi connectivity index (χ1n) is 6.02. The Labute approximate surface area is 110 Å². The fraction of sp³-hybridized carbons (Fsp3) is 0.214. The Morgan fingerprint density at radius 1 is 1.16 bits per heavy atom. The van der Waals surface area contributed by atoms with Crippen molar-refractivity contribution in [2.75, 3.05) is 23.8 Å². The lowest BCUT2D eigenvalue weighted by Crippen LogP contribution is -2.15. The molecule has 0 fully saturated rings. The molecule has 0 spiro atoms. The molecule has 2 rings (SSSR count). The average Bonchev–Trinajstić information content (AvgIpc) is 2.42. The Bertz CT molecular complexity index is 558. The van der Waals surface area contributed by atoms with Crippen molar-refractivity contribution in [3.05, 3.63) is 48.0 Å². The van der Waals surface area contributed by atoms with Crippen LogP contribution in [0.3, 0.4) is 0 Å². The van der Waals surface area contributed by atoms with E-state index in [0.29, 0.717) is 6.54 Å². The van der Waals surface area contributed by atoms with Gasteiger partial charge in [0.15, 0.2) is 23.3 Å². The number of halogens is 2. The van der Waals surface area contributed by atoms with Crippen LogP contribution in [0.4, 0.5) is 26.1 Å². The zero-order valence-corrected chi connectivity index (χ0v) is 10.8. The van der Waals surface area contributed by atoms with Gasteiger partial charge in [0.1, 0.15) is 0 Å². The molecular weight excluding hydrogens is 248 g/mol. The number of hydrogen-bond donors (Lipinski definition) is 1. The van der Waals surface area contributed by atoms with Crippen LogP contribution in [0.2, 0.25) is 0 Å². The van der Waals surface area contributed by atoms with Gasteiger partial charge in [-0.25, -0.2) is 13.8 Å². The van der Waals surface area contributed by atoms with Gasteiger partial charge in [-0.2, -0.15) is 0 Å². The van der Waals surface area contributed by atoms with Crippen molar-refractivity contribution in [2.24, 2.45) is 0 Å². The number of nitrogens with zero attached hydrogens (tertiary/aromatic N) is 2. The maximum atomic E-state index is 13.8. The Hall–Kier alpha value is -2.17. The molecule has 2 aromatic rings. The van der Waals surface area contributed by atoms with Crippen LogP contribution in [0.1, 0.15) is 6.92 Å². The fourth-order valence-electron chi connectivity index (χ4n) is 1.76. The highest BCUT2D eigenvalue weighted by Crippen LogP contribution is 2.26. The smallest absolute Gasteiger partial charge is 0.171 e. The van der Waals surface area contributed by atoms with Gasteiger partial charge in [-0.3, -0.25) is 0 Å². The van der Waals surface area contributed by atoms with Gasteiger partial charge in [-0.15, -0.1) is 0 Å². The molecule has 1 aromatic carbocycles. The standard InChI is InChI=1S/C14H15F2N3/c1-3-17-13-11(15)9-12(16)14(18-13)19(2)10-7-5-4-6-8-10/h4-9H,3H2,1-2H3,(H,17,18). The van der Waals surface area contributed by atoms with Crippen LogP contribution in [0, 0.1) is 11.6 Å². The van der Waals surface area contributed by atoms with E-state index >= 15 is 0 Å². The summed E-state index contributed by atoms with van der Waals surface area (Å²) in [6.45, 7) is 2.34. The van der Waals surface area contributed by atoms with Crippen LogP contribution in [-0.2, 0) is 0 Å². The second-order valence-electron chi connectivity index (χ2n) is 4.05. The van der Waals surface area contributed by atoms with E-state index < -0.39 is 11.6 Å². The van der Waals surface area contributed by atoms with Crippen LogP contribution < -0.4 is 10.2 Å². The van der Waals surface area contributed by atoms with Gasteiger partial charge in [0.05, 0.1) is 0 Å². The largest absolute Gasteiger partial charge is 0.368 e. The molecule has 5 heteroatoms. The quantitative estimate of drug-likeness (QED) is 0.914. The third-order valence-electron chi connectivity index (χ3n) is 2.72. The van der Waals surface area contributed by atoms with E-state index in [2.05, 4.69) is 10.3 Å².